The lowest BCUT2D eigenvalue weighted by atomic mass is 10.2. The number of aliphatic imine (C=N–C) groups is 1. The zero-order valence-electron chi connectivity index (χ0n) is 16.2. The Hall–Kier alpha value is -0.340. The van der Waals surface area contributed by atoms with E-state index >= 15 is 0 Å². The van der Waals surface area contributed by atoms with E-state index in [-0.39, 0.29) is 24.0 Å². The van der Waals surface area contributed by atoms with Crippen LogP contribution in [0.15, 0.2) is 17.6 Å². The number of hydrogen-bond donors (Lipinski definition) is 1. The Labute approximate surface area is 171 Å². The fourth-order valence-electron chi connectivity index (χ4n) is 2.73. The SMILES string of the molecule is C=CCCCCCN(C)C(=NCCCOCC1CCCO1)NCC.I. The molecule has 0 bridgehead atoms. The first-order chi connectivity index (χ1) is 11.8. The summed E-state index contributed by atoms with van der Waals surface area (Å²) in [6.07, 6.45) is 10.4. The number of ether oxygens (including phenoxy) is 2. The molecule has 1 fully saturated rings. The van der Waals surface area contributed by atoms with Gasteiger partial charge in [-0.25, -0.2) is 0 Å². The summed E-state index contributed by atoms with van der Waals surface area (Å²) in [5.74, 6) is 1.00. The van der Waals surface area contributed by atoms with Gasteiger partial charge in [-0.1, -0.05) is 12.5 Å². The lowest BCUT2D eigenvalue weighted by molar-refractivity contribution is 0.0170. The highest BCUT2D eigenvalue weighted by Gasteiger charge is 2.14. The molecule has 1 unspecified atom stereocenters. The van der Waals surface area contributed by atoms with Crippen LogP contribution in [0.5, 0.6) is 0 Å². The smallest absolute Gasteiger partial charge is 0.193 e. The zero-order chi connectivity index (χ0) is 17.5. The third-order valence-corrected chi connectivity index (χ3v) is 4.13. The molecule has 1 aliphatic rings. The van der Waals surface area contributed by atoms with Gasteiger partial charge in [-0.05, 0) is 45.4 Å². The van der Waals surface area contributed by atoms with Gasteiger partial charge in [-0.3, -0.25) is 4.99 Å². The molecule has 0 aliphatic carbocycles. The van der Waals surface area contributed by atoms with Crippen LogP contribution in [0.25, 0.3) is 0 Å². The fraction of sp³-hybridized carbons (Fsp3) is 0.842. The van der Waals surface area contributed by atoms with Crippen LogP contribution < -0.4 is 5.32 Å². The van der Waals surface area contributed by atoms with Gasteiger partial charge in [0.1, 0.15) is 0 Å². The van der Waals surface area contributed by atoms with Crippen LogP contribution in [0.1, 0.15) is 51.9 Å². The quantitative estimate of drug-likeness (QED) is 0.147. The molecular formula is C19H38IN3O2. The van der Waals surface area contributed by atoms with Gasteiger partial charge in [0.05, 0.1) is 12.7 Å². The summed E-state index contributed by atoms with van der Waals surface area (Å²) in [5.41, 5.74) is 0. The Morgan fingerprint density at radius 1 is 1.36 bits per heavy atom. The second-order valence-electron chi connectivity index (χ2n) is 6.36. The molecule has 5 nitrogen and oxygen atoms in total. The van der Waals surface area contributed by atoms with E-state index in [0.29, 0.717) is 6.10 Å². The average Bonchev–Trinajstić information content (AvgIpc) is 3.10. The van der Waals surface area contributed by atoms with Gasteiger partial charge in [0.15, 0.2) is 5.96 Å². The van der Waals surface area contributed by atoms with Crippen molar-refractivity contribution in [3.63, 3.8) is 0 Å². The maximum Gasteiger partial charge on any atom is 0.193 e. The Bertz CT molecular complexity index is 348. The molecule has 0 aromatic carbocycles. The van der Waals surface area contributed by atoms with Crippen LogP contribution in [0.2, 0.25) is 0 Å². The molecule has 6 heteroatoms. The highest BCUT2D eigenvalue weighted by atomic mass is 127. The molecule has 0 spiro atoms. The van der Waals surface area contributed by atoms with E-state index in [1.807, 2.05) is 6.08 Å². The molecule has 1 aliphatic heterocycles. The summed E-state index contributed by atoms with van der Waals surface area (Å²) in [6, 6.07) is 0. The predicted molar refractivity (Wildman–Crippen MR) is 117 cm³/mol. The molecule has 0 aromatic heterocycles. The molecule has 0 radical (unpaired) electrons. The second kappa shape index (κ2) is 17.1. The molecule has 1 rings (SSSR count). The fourth-order valence-corrected chi connectivity index (χ4v) is 2.73. The second-order valence-corrected chi connectivity index (χ2v) is 6.36. The maximum atomic E-state index is 5.69. The molecule has 0 saturated carbocycles. The monoisotopic (exact) mass is 467 g/mol. The van der Waals surface area contributed by atoms with Gasteiger partial charge in [-0.15, -0.1) is 30.6 Å². The van der Waals surface area contributed by atoms with Crippen molar-refractivity contribution in [3.05, 3.63) is 12.7 Å². The first kappa shape index (κ1) is 24.7. The number of guanidine groups is 1. The molecule has 1 N–H and O–H groups in total. The first-order valence-electron chi connectivity index (χ1n) is 9.57. The third-order valence-electron chi connectivity index (χ3n) is 4.13. The molecule has 1 saturated heterocycles. The van der Waals surface area contributed by atoms with Gasteiger partial charge in [0.25, 0.3) is 0 Å². The van der Waals surface area contributed by atoms with Gasteiger partial charge >= 0.3 is 0 Å². The minimum absolute atomic E-state index is 0. The van der Waals surface area contributed by atoms with Crippen molar-refractivity contribution >= 4 is 29.9 Å². The van der Waals surface area contributed by atoms with E-state index in [4.69, 9.17) is 14.5 Å². The number of allylic oxidation sites excluding steroid dienone is 1. The molecule has 148 valence electrons. The van der Waals surface area contributed by atoms with Crippen LogP contribution in [-0.4, -0.2) is 63.5 Å². The van der Waals surface area contributed by atoms with Crippen molar-refractivity contribution < 1.29 is 9.47 Å². The normalized spacial score (nSPS) is 17.2. The van der Waals surface area contributed by atoms with E-state index in [9.17, 15) is 0 Å². The van der Waals surface area contributed by atoms with E-state index < -0.39 is 0 Å². The number of rotatable bonds is 13. The summed E-state index contributed by atoms with van der Waals surface area (Å²) in [7, 11) is 2.11. The van der Waals surface area contributed by atoms with Crippen LogP contribution in [0.3, 0.4) is 0 Å². The van der Waals surface area contributed by atoms with E-state index in [1.54, 1.807) is 0 Å². The Morgan fingerprint density at radius 3 is 2.88 bits per heavy atom. The van der Waals surface area contributed by atoms with Crippen molar-refractivity contribution in [1.29, 1.82) is 0 Å². The van der Waals surface area contributed by atoms with Gasteiger partial charge in [-0.2, -0.15) is 0 Å². The number of unbranched alkanes of at least 4 members (excludes halogenated alkanes) is 3. The molecule has 1 atom stereocenters. The standard InChI is InChI=1S/C19H37N3O2.HI/c1-4-6-7-8-9-14-22(3)19(20-5-2)21-13-11-15-23-17-18-12-10-16-24-18;/h4,18H,1,5-17H2,2-3H3,(H,20,21);1H. The molecular weight excluding hydrogens is 429 g/mol. The third kappa shape index (κ3) is 12.6. The van der Waals surface area contributed by atoms with Crippen molar-refractivity contribution in [2.75, 3.05) is 46.5 Å². The van der Waals surface area contributed by atoms with Crippen LogP contribution in [0, 0.1) is 0 Å². The number of nitrogens with one attached hydrogen (secondary N) is 1. The van der Waals surface area contributed by atoms with Crippen molar-refractivity contribution in [2.45, 2.75) is 58.0 Å². The Kier molecular flexibility index (Phi) is 16.9. The van der Waals surface area contributed by atoms with E-state index in [1.165, 1.54) is 25.7 Å². The number of nitrogens with zero attached hydrogens (tertiary/aromatic N) is 2. The Morgan fingerprint density at radius 2 is 2.20 bits per heavy atom. The predicted octanol–water partition coefficient (Wildman–Crippen LogP) is 3.83. The summed E-state index contributed by atoms with van der Waals surface area (Å²) < 4.78 is 11.2. The summed E-state index contributed by atoms with van der Waals surface area (Å²) in [4.78, 5) is 6.93. The van der Waals surface area contributed by atoms with E-state index in [2.05, 4.69) is 30.8 Å². The highest BCUT2D eigenvalue weighted by Crippen LogP contribution is 2.11. The summed E-state index contributed by atoms with van der Waals surface area (Å²) >= 11 is 0. The van der Waals surface area contributed by atoms with Gasteiger partial charge in [0, 0.05) is 39.9 Å². The van der Waals surface area contributed by atoms with Crippen LogP contribution in [-0.2, 0) is 9.47 Å². The summed E-state index contributed by atoms with van der Waals surface area (Å²) in [5, 5.41) is 3.37. The summed E-state index contributed by atoms with van der Waals surface area (Å²) in [6.45, 7) is 11.0. The molecule has 0 aromatic rings. The van der Waals surface area contributed by atoms with E-state index in [0.717, 1.165) is 64.7 Å². The average molecular weight is 467 g/mol. The van der Waals surface area contributed by atoms with Crippen LogP contribution in [0.4, 0.5) is 0 Å². The lowest BCUT2D eigenvalue weighted by Crippen LogP contribution is -2.39. The van der Waals surface area contributed by atoms with Crippen molar-refractivity contribution in [1.82, 2.24) is 10.2 Å². The molecule has 0 amide bonds. The van der Waals surface area contributed by atoms with Gasteiger partial charge in [0.2, 0.25) is 0 Å². The number of hydrogen-bond acceptors (Lipinski definition) is 3. The first-order valence-corrected chi connectivity index (χ1v) is 9.57. The topological polar surface area (TPSA) is 46.1 Å². The number of halogens is 1. The minimum atomic E-state index is 0. The Balaban J connectivity index is 0.00000576. The maximum absolute atomic E-state index is 5.69. The largest absolute Gasteiger partial charge is 0.379 e. The minimum Gasteiger partial charge on any atom is -0.379 e. The zero-order valence-corrected chi connectivity index (χ0v) is 18.5. The van der Waals surface area contributed by atoms with Crippen molar-refractivity contribution in [2.24, 2.45) is 4.99 Å². The lowest BCUT2D eigenvalue weighted by Gasteiger charge is -2.22. The molecule has 1 heterocycles. The van der Waals surface area contributed by atoms with Crippen LogP contribution >= 0.6 is 24.0 Å². The highest BCUT2D eigenvalue weighted by molar-refractivity contribution is 14.0. The van der Waals surface area contributed by atoms with Gasteiger partial charge < -0.3 is 19.7 Å². The van der Waals surface area contributed by atoms with Crippen molar-refractivity contribution in [3.8, 4) is 0 Å². The molecule has 25 heavy (non-hydrogen) atoms.